The van der Waals surface area contributed by atoms with Crippen LogP contribution < -0.4 is 10.6 Å². The average molecular weight is 394 g/mol. The molecule has 144 valence electrons. The van der Waals surface area contributed by atoms with Gasteiger partial charge in [0.1, 0.15) is 0 Å². The second kappa shape index (κ2) is 10.1. The van der Waals surface area contributed by atoms with Gasteiger partial charge in [-0.3, -0.25) is 4.79 Å². The van der Waals surface area contributed by atoms with Gasteiger partial charge in [-0.05, 0) is 12.1 Å². The molecule has 0 spiro atoms. The van der Waals surface area contributed by atoms with Crippen molar-refractivity contribution in [2.24, 2.45) is 0 Å². The molecule has 0 aliphatic rings. The Labute approximate surface area is 154 Å². The Hall–Kier alpha value is -2.17. The van der Waals surface area contributed by atoms with Crippen molar-refractivity contribution in [3.05, 3.63) is 41.7 Å². The number of alkyl halides is 3. The first-order valence-corrected chi connectivity index (χ1v) is 7.50. The van der Waals surface area contributed by atoms with Gasteiger partial charge in [-0.15, -0.1) is 17.5 Å². The number of carbonyl (C=O) groups is 1. The van der Waals surface area contributed by atoms with Crippen molar-refractivity contribution in [3.8, 4) is 5.69 Å². The van der Waals surface area contributed by atoms with Crippen molar-refractivity contribution in [2.45, 2.75) is 6.18 Å². The fourth-order valence-corrected chi connectivity index (χ4v) is 2.05. The minimum absolute atomic E-state index is 0. The smallest absolute Gasteiger partial charge is 0.383 e. The number of ether oxygens (including phenoxy) is 1. The van der Waals surface area contributed by atoms with E-state index in [4.69, 9.17) is 4.74 Å². The molecule has 1 heterocycles. The van der Waals surface area contributed by atoms with Crippen LogP contribution in [0.15, 0.2) is 30.5 Å². The summed E-state index contributed by atoms with van der Waals surface area (Å²) in [5.41, 5.74) is -1.11. The van der Waals surface area contributed by atoms with Gasteiger partial charge in [-0.1, -0.05) is 17.3 Å². The third kappa shape index (κ3) is 5.97. The molecule has 0 saturated carbocycles. The van der Waals surface area contributed by atoms with E-state index in [9.17, 15) is 18.0 Å². The molecule has 0 fully saturated rings. The van der Waals surface area contributed by atoms with E-state index in [-0.39, 0.29) is 23.8 Å². The summed E-state index contributed by atoms with van der Waals surface area (Å²) in [6.45, 7) is 2.08. The Morgan fingerprint density at radius 3 is 2.65 bits per heavy atom. The molecule has 1 aromatic heterocycles. The second-order valence-corrected chi connectivity index (χ2v) is 5.06. The number of carbonyl (C=O) groups excluding carboxylic acids is 1. The normalized spacial score (nSPS) is 11.1. The monoisotopic (exact) mass is 393 g/mol. The van der Waals surface area contributed by atoms with Gasteiger partial charge in [-0.2, -0.15) is 13.2 Å². The van der Waals surface area contributed by atoms with Gasteiger partial charge in [-0.25, -0.2) is 4.68 Å². The lowest BCUT2D eigenvalue weighted by Gasteiger charge is -2.11. The standard InChI is InChI=1S/C15H18F3N5O2.ClH/c1-25-9-8-19-6-7-20-14(24)12-10-23(22-21-12)13-5-3-2-4-11(13)15(16,17)18;/h2-5,10,19H,6-9H2,1H3,(H,20,24);1H. The maximum Gasteiger partial charge on any atom is 0.418 e. The molecule has 11 heteroatoms. The number of nitrogens with one attached hydrogen (secondary N) is 2. The fraction of sp³-hybridized carbons (Fsp3) is 0.400. The van der Waals surface area contributed by atoms with Crippen LogP contribution in [-0.2, 0) is 10.9 Å². The number of amides is 1. The van der Waals surface area contributed by atoms with Gasteiger partial charge >= 0.3 is 6.18 Å². The molecule has 1 aromatic carbocycles. The van der Waals surface area contributed by atoms with Gasteiger partial charge in [0, 0.05) is 26.7 Å². The minimum Gasteiger partial charge on any atom is -0.383 e. The summed E-state index contributed by atoms with van der Waals surface area (Å²) in [6, 6.07) is 4.95. The summed E-state index contributed by atoms with van der Waals surface area (Å²) in [4.78, 5) is 12.0. The average Bonchev–Trinajstić information content (AvgIpc) is 3.07. The summed E-state index contributed by atoms with van der Waals surface area (Å²) in [7, 11) is 1.59. The zero-order chi connectivity index (χ0) is 18.3. The molecule has 26 heavy (non-hydrogen) atoms. The quantitative estimate of drug-likeness (QED) is 0.667. The van der Waals surface area contributed by atoms with Crippen LogP contribution in [0.25, 0.3) is 5.69 Å². The van der Waals surface area contributed by atoms with Crippen LogP contribution in [0.5, 0.6) is 0 Å². The Morgan fingerprint density at radius 1 is 1.23 bits per heavy atom. The summed E-state index contributed by atoms with van der Waals surface area (Å²) in [5, 5.41) is 12.9. The first kappa shape index (κ1) is 21.9. The summed E-state index contributed by atoms with van der Waals surface area (Å²) in [6.07, 6.45) is -3.36. The SMILES string of the molecule is COCCNCCNC(=O)c1cn(-c2ccccc2C(F)(F)F)nn1.Cl. The van der Waals surface area contributed by atoms with Crippen LogP contribution in [0, 0.1) is 0 Å². The Kier molecular flexibility index (Phi) is 8.49. The topological polar surface area (TPSA) is 81.1 Å². The Balaban J connectivity index is 0.00000338. The predicted octanol–water partition coefficient (Wildman–Crippen LogP) is 1.67. The van der Waals surface area contributed by atoms with Crippen LogP contribution >= 0.6 is 12.4 Å². The molecule has 2 rings (SSSR count). The largest absolute Gasteiger partial charge is 0.418 e. The molecule has 2 aromatic rings. The van der Waals surface area contributed by atoms with E-state index in [1.54, 1.807) is 7.11 Å². The van der Waals surface area contributed by atoms with Crippen molar-refractivity contribution in [3.63, 3.8) is 0 Å². The number of halogens is 4. The van der Waals surface area contributed by atoms with Crippen molar-refractivity contribution in [2.75, 3.05) is 33.4 Å². The van der Waals surface area contributed by atoms with Crippen molar-refractivity contribution in [1.82, 2.24) is 25.6 Å². The highest BCUT2D eigenvalue weighted by Crippen LogP contribution is 2.33. The summed E-state index contributed by atoms with van der Waals surface area (Å²) >= 11 is 0. The number of rotatable bonds is 8. The molecule has 2 N–H and O–H groups in total. The van der Waals surface area contributed by atoms with Gasteiger partial charge in [0.05, 0.1) is 24.1 Å². The lowest BCUT2D eigenvalue weighted by atomic mass is 10.1. The third-order valence-electron chi connectivity index (χ3n) is 3.25. The zero-order valence-corrected chi connectivity index (χ0v) is 14.7. The minimum atomic E-state index is -4.53. The Bertz CT molecular complexity index is 709. The van der Waals surface area contributed by atoms with E-state index >= 15 is 0 Å². The lowest BCUT2D eigenvalue weighted by Crippen LogP contribution is -2.33. The first-order valence-electron chi connectivity index (χ1n) is 7.50. The first-order chi connectivity index (χ1) is 11.9. The molecule has 0 bridgehead atoms. The highest BCUT2D eigenvalue weighted by molar-refractivity contribution is 5.91. The number of para-hydroxylation sites is 1. The third-order valence-corrected chi connectivity index (χ3v) is 3.25. The van der Waals surface area contributed by atoms with Crippen LogP contribution in [0.1, 0.15) is 16.1 Å². The van der Waals surface area contributed by atoms with Crippen molar-refractivity contribution in [1.29, 1.82) is 0 Å². The van der Waals surface area contributed by atoms with E-state index in [1.807, 2.05) is 0 Å². The van der Waals surface area contributed by atoms with Crippen LogP contribution in [0.2, 0.25) is 0 Å². The molecule has 0 aliphatic heterocycles. The zero-order valence-electron chi connectivity index (χ0n) is 13.9. The van der Waals surface area contributed by atoms with Crippen LogP contribution in [0.4, 0.5) is 13.2 Å². The molecule has 1 amide bonds. The molecular formula is C15H19ClF3N5O2. The number of hydrogen-bond donors (Lipinski definition) is 2. The Morgan fingerprint density at radius 2 is 1.96 bits per heavy atom. The van der Waals surface area contributed by atoms with E-state index in [0.29, 0.717) is 26.2 Å². The number of hydrogen-bond acceptors (Lipinski definition) is 5. The van der Waals surface area contributed by atoms with Gasteiger partial charge in [0.25, 0.3) is 5.91 Å². The summed E-state index contributed by atoms with van der Waals surface area (Å²) < 4.78 is 44.9. The predicted molar refractivity (Wildman–Crippen MR) is 90.7 cm³/mol. The highest BCUT2D eigenvalue weighted by Gasteiger charge is 2.34. The number of benzene rings is 1. The molecular weight excluding hydrogens is 375 g/mol. The number of nitrogens with zero attached hydrogens (tertiary/aromatic N) is 3. The van der Waals surface area contributed by atoms with E-state index < -0.39 is 17.6 Å². The maximum absolute atomic E-state index is 13.0. The van der Waals surface area contributed by atoms with Crippen LogP contribution in [0.3, 0.4) is 0 Å². The maximum atomic E-state index is 13.0. The molecule has 0 atom stereocenters. The van der Waals surface area contributed by atoms with Gasteiger partial charge in [0.2, 0.25) is 0 Å². The lowest BCUT2D eigenvalue weighted by molar-refractivity contribution is -0.137. The van der Waals surface area contributed by atoms with E-state index in [0.717, 1.165) is 16.9 Å². The highest BCUT2D eigenvalue weighted by atomic mass is 35.5. The number of aromatic nitrogens is 3. The van der Waals surface area contributed by atoms with E-state index in [2.05, 4.69) is 20.9 Å². The van der Waals surface area contributed by atoms with E-state index in [1.165, 1.54) is 18.2 Å². The molecule has 7 nitrogen and oxygen atoms in total. The van der Waals surface area contributed by atoms with Crippen LogP contribution in [-0.4, -0.2) is 54.3 Å². The summed E-state index contributed by atoms with van der Waals surface area (Å²) in [5.74, 6) is -0.510. The molecule has 0 unspecified atom stereocenters. The van der Waals surface area contributed by atoms with Gasteiger partial charge in [0.15, 0.2) is 5.69 Å². The fourth-order valence-electron chi connectivity index (χ4n) is 2.05. The molecule has 0 radical (unpaired) electrons. The molecule has 0 aliphatic carbocycles. The second-order valence-electron chi connectivity index (χ2n) is 5.06. The van der Waals surface area contributed by atoms with Gasteiger partial charge < -0.3 is 15.4 Å². The van der Waals surface area contributed by atoms with Crippen molar-refractivity contribution < 1.29 is 22.7 Å². The molecule has 0 saturated heterocycles. The number of methoxy groups -OCH3 is 1. The van der Waals surface area contributed by atoms with Crippen molar-refractivity contribution >= 4 is 18.3 Å².